The number of halogens is 1. The number of nitrogens with zero attached hydrogens (tertiary/aromatic N) is 2. The molecular formula is C15H23FN2O. The van der Waals surface area contributed by atoms with Crippen LogP contribution in [0.5, 0.6) is 0 Å². The first kappa shape index (κ1) is 13.1. The molecule has 4 aliphatic heterocycles. The van der Waals surface area contributed by atoms with Crippen LogP contribution in [0.3, 0.4) is 0 Å². The molecule has 0 unspecified atom stereocenters. The van der Waals surface area contributed by atoms with Crippen LogP contribution < -0.4 is 0 Å². The second-order valence-electron chi connectivity index (χ2n) is 6.43. The lowest BCUT2D eigenvalue weighted by Crippen LogP contribution is -2.65. The Morgan fingerprint density at radius 1 is 1.16 bits per heavy atom. The van der Waals surface area contributed by atoms with Gasteiger partial charge >= 0.3 is 0 Å². The molecule has 0 aromatic heterocycles. The third-order valence-electron chi connectivity index (χ3n) is 5.59. The molecule has 0 N–H and O–H groups in total. The molecule has 0 aromatic rings. The molecule has 0 radical (unpaired) electrons. The van der Waals surface area contributed by atoms with Crippen molar-refractivity contribution in [2.24, 2.45) is 11.8 Å². The van der Waals surface area contributed by atoms with E-state index in [1.807, 2.05) is 0 Å². The third kappa shape index (κ3) is 1.92. The number of fused-ring (bicyclic) bond motifs is 2. The van der Waals surface area contributed by atoms with Crippen LogP contribution in [0.25, 0.3) is 0 Å². The Morgan fingerprint density at radius 3 is 2.79 bits per heavy atom. The molecule has 0 aliphatic carbocycles. The van der Waals surface area contributed by atoms with Crippen LogP contribution in [0, 0.1) is 11.8 Å². The molecule has 0 bridgehead atoms. The van der Waals surface area contributed by atoms with Gasteiger partial charge in [-0.3, -0.25) is 14.4 Å². The Morgan fingerprint density at radius 2 is 1.95 bits per heavy atom. The summed E-state index contributed by atoms with van der Waals surface area (Å²) in [5.41, 5.74) is 0. The lowest BCUT2D eigenvalue weighted by Gasteiger charge is -2.57. The zero-order chi connectivity index (χ0) is 12.1. The van der Waals surface area contributed by atoms with E-state index in [-0.39, 0.29) is 10.6 Å². The van der Waals surface area contributed by atoms with E-state index < -0.39 is 0 Å². The zero-order valence-corrected chi connectivity index (χ0v) is 11.3. The molecule has 1 amide bonds. The molecule has 3 nitrogen and oxygen atoms in total. The molecule has 4 atom stereocenters. The fourth-order valence-electron chi connectivity index (χ4n) is 4.95. The molecule has 0 spiro atoms. The molecule has 4 heteroatoms. The molecule has 4 rings (SSSR count). The first-order valence-electron chi connectivity index (χ1n) is 7.56. The van der Waals surface area contributed by atoms with Crippen LogP contribution in [0.1, 0.15) is 32.1 Å². The van der Waals surface area contributed by atoms with Gasteiger partial charge in [-0.1, -0.05) is 6.08 Å². The molecule has 3 saturated heterocycles. The van der Waals surface area contributed by atoms with Gasteiger partial charge in [0.25, 0.3) is 0 Å². The number of carbonyl (C=O) groups is 1. The Bertz CT molecular complexity index is 396. The maximum Gasteiger partial charge on any atom is 0.246 e. The minimum Gasteiger partial charge on any atom is -0.335 e. The van der Waals surface area contributed by atoms with Crippen molar-refractivity contribution in [3.05, 3.63) is 12.2 Å². The molecule has 0 aromatic carbocycles. The predicted octanol–water partition coefficient (Wildman–Crippen LogP) is 1.80. The largest absolute Gasteiger partial charge is 0.335 e. The summed E-state index contributed by atoms with van der Waals surface area (Å²) < 4.78 is 0. The van der Waals surface area contributed by atoms with Gasteiger partial charge in [-0.15, -0.1) is 0 Å². The minimum atomic E-state index is 0. The smallest absolute Gasteiger partial charge is 0.246 e. The molecular weight excluding hydrogens is 243 g/mol. The van der Waals surface area contributed by atoms with Crippen LogP contribution >= 0.6 is 0 Å². The summed E-state index contributed by atoms with van der Waals surface area (Å²) in [7, 11) is 0. The van der Waals surface area contributed by atoms with Gasteiger partial charge in [0.05, 0.1) is 0 Å². The van der Waals surface area contributed by atoms with E-state index in [1.54, 1.807) is 6.08 Å². The van der Waals surface area contributed by atoms with E-state index in [9.17, 15) is 4.79 Å². The minimum absolute atomic E-state index is 0. The van der Waals surface area contributed by atoms with Gasteiger partial charge in [0.15, 0.2) is 0 Å². The molecule has 4 heterocycles. The zero-order valence-electron chi connectivity index (χ0n) is 11.3. The summed E-state index contributed by atoms with van der Waals surface area (Å²) in [6, 6.07) is 1.29. The molecule has 106 valence electrons. The summed E-state index contributed by atoms with van der Waals surface area (Å²) in [6.45, 7) is 3.62. The number of hydrogen-bond acceptors (Lipinski definition) is 2. The van der Waals surface area contributed by atoms with Crippen LogP contribution in [-0.4, -0.2) is 47.4 Å². The van der Waals surface area contributed by atoms with Crippen molar-refractivity contribution in [2.75, 3.05) is 19.6 Å². The van der Waals surface area contributed by atoms with Crippen molar-refractivity contribution in [2.45, 2.75) is 44.2 Å². The maximum atomic E-state index is 12.1. The average molecular weight is 266 g/mol. The van der Waals surface area contributed by atoms with Crippen molar-refractivity contribution in [1.82, 2.24) is 9.80 Å². The fourth-order valence-corrected chi connectivity index (χ4v) is 4.95. The quantitative estimate of drug-likeness (QED) is 0.667. The van der Waals surface area contributed by atoms with E-state index in [2.05, 4.69) is 15.9 Å². The topological polar surface area (TPSA) is 23.6 Å². The highest BCUT2D eigenvalue weighted by atomic mass is 19.0. The highest BCUT2D eigenvalue weighted by Gasteiger charge is 2.49. The summed E-state index contributed by atoms with van der Waals surface area (Å²) in [6.07, 6.45) is 10.3. The monoisotopic (exact) mass is 266 g/mol. The summed E-state index contributed by atoms with van der Waals surface area (Å²) >= 11 is 0. The van der Waals surface area contributed by atoms with E-state index in [1.165, 1.54) is 38.8 Å². The first-order chi connectivity index (χ1) is 8.84. The lowest BCUT2D eigenvalue weighted by atomic mass is 9.68. The van der Waals surface area contributed by atoms with Gasteiger partial charge in [-0.2, -0.15) is 0 Å². The van der Waals surface area contributed by atoms with Gasteiger partial charge < -0.3 is 4.90 Å². The standard InChI is InChI=1S/C15H22N2O.FH/c18-14-7-1-6-13-12-5-3-9-16-8-2-4-11(15(12)16)10-17(13)14;/h1,7,11-13,15H,2-6,8-10H2;1H/t11-,12+,13+,15-;/m0./s1. The van der Waals surface area contributed by atoms with Gasteiger partial charge in [0, 0.05) is 18.6 Å². The number of piperidine rings is 3. The highest BCUT2D eigenvalue weighted by Crippen LogP contribution is 2.43. The first-order valence-corrected chi connectivity index (χ1v) is 7.56. The van der Waals surface area contributed by atoms with Crippen molar-refractivity contribution in [1.29, 1.82) is 0 Å². The Hall–Kier alpha value is -0.900. The Balaban J connectivity index is 0.00000110. The van der Waals surface area contributed by atoms with Crippen LogP contribution in [0.2, 0.25) is 0 Å². The van der Waals surface area contributed by atoms with E-state index in [4.69, 9.17) is 0 Å². The Labute approximate surface area is 114 Å². The normalized spacial score (nSPS) is 41.3. The van der Waals surface area contributed by atoms with Gasteiger partial charge in [-0.05, 0) is 63.1 Å². The molecule has 3 fully saturated rings. The van der Waals surface area contributed by atoms with Crippen molar-refractivity contribution in [3.8, 4) is 0 Å². The lowest BCUT2D eigenvalue weighted by molar-refractivity contribution is -0.141. The van der Waals surface area contributed by atoms with Crippen molar-refractivity contribution >= 4 is 5.91 Å². The van der Waals surface area contributed by atoms with Crippen LogP contribution in [0.15, 0.2) is 12.2 Å². The summed E-state index contributed by atoms with van der Waals surface area (Å²) in [5.74, 6) is 1.76. The summed E-state index contributed by atoms with van der Waals surface area (Å²) in [4.78, 5) is 17.0. The number of carbonyl (C=O) groups excluding carboxylic acids is 1. The van der Waals surface area contributed by atoms with Crippen LogP contribution in [-0.2, 0) is 4.79 Å². The van der Waals surface area contributed by atoms with E-state index in [0.717, 1.165) is 30.8 Å². The van der Waals surface area contributed by atoms with Crippen molar-refractivity contribution < 1.29 is 9.50 Å². The van der Waals surface area contributed by atoms with Gasteiger partial charge in [-0.25, -0.2) is 0 Å². The second kappa shape index (κ2) is 4.89. The number of amides is 1. The number of hydrogen-bond donors (Lipinski definition) is 0. The molecule has 19 heavy (non-hydrogen) atoms. The van der Waals surface area contributed by atoms with Gasteiger partial charge in [0.2, 0.25) is 5.91 Å². The summed E-state index contributed by atoms with van der Waals surface area (Å²) in [5, 5.41) is 0. The fraction of sp³-hybridized carbons (Fsp3) is 0.800. The van der Waals surface area contributed by atoms with E-state index >= 15 is 0 Å². The maximum absolute atomic E-state index is 12.1. The molecule has 4 aliphatic rings. The second-order valence-corrected chi connectivity index (χ2v) is 6.43. The predicted molar refractivity (Wildman–Crippen MR) is 72.6 cm³/mol. The van der Waals surface area contributed by atoms with Gasteiger partial charge in [0.1, 0.15) is 0 Å². The van der Waals surface area contributed by atoms with Crippen molar-refractivity contribution in [3.63, 3.8) is 0 Å². The SMILES string of the molecule is F.O=C1C=CC[C@@H]2[C@H]3CCCN4CCC[C@@H](CN12)[C@@H]34. The average Bonchev–Trinajstić information content (AvgIpc) is 2.41. The van der Waals surface area contributed by atoms with E-state index in [0.29, 0.717) is 6.04 Å². The molecule has 0 saturated carbocycles. The highest BCUT2D eigenvalue weighted by molar-refractivity contribution is 5.88. The Kier molecular flexibility index (Phi) is 3.37. The number of rotatable bonds is 0. The van der Waals surface area contributed by atoms with Crippen LogP contribution in [0.4, 0.5) is 4.70 Å². The third-order valence-corrected chi connectivity index (χ3v) is 5.59.